The van der Waals surface area contributed by atoms with Crippen molar-refractivity contribution >= 4 is 23.0 Å². The molecule has 0 radical (unpaired) electrons. The molecule has 2 heterocycles. The number of carbonyl (C=O) groups is 2. The van der Waals surface area contributed by atoms with Crippen LogP contribution in [0.1, 0.15) is 56.9 Å². The molecule has 1 amide bonds. The number of hydrogen-bond acceptors (Lipinski definition) is 6. The van der Waals surface area contributed by atoms with Gasteiger partial charge in [0.15, 0.2) is 5.79 Å². The molecule has 0 saturated carbocycles. The van der Waals surface area contributed by atoms with Crippen molar-refractivity contribution in [3.05, 3.63) is 55.1 Å². The molecule has 3 rings (SSSR count). The Morgan fingerprint density at radius 2 is 1.95 bits per heavy atom. The standard InChI is InChI=1S/C29H41NO6S/c1-5-7-9-11-24-17-22(25(27(31)32)12-10-8-6-2)18-29(35-4,36-24)26-20-37-28(33)30(26)19-21-13-15-23(34-3)16-14-21/h5-6,13-16,22,24-26H,1-2,7-12,17-20H2,3-4H3,(H,31,32)/t22?,24?,25-,26+,29?/m1/s1. The van der Waals surface area contributed by atoms with E-state index in [-0.39, 0.29) is 23.3 Å². The number of methoxy groups -OCH3 is 2. The number of benzene rings is 1. The lowest BCUT2D eigenvalue weighted by molar-refractivity contribution is -0.302. The summed E-state index contributed by atoms with van der Waals surface area (Å²) in [5.74, 6) is -1.18. The molecule has 0 aliphatic carbocycles. The zero-order valence-corrected chi connectivity index (χ0v) is 22.9. The van der Waals surface area contributed by atoms with Crippen LogP contribution in [-0.2, 0) is 20.8 Å². The van der Waals surface area contributed by atoms with Gasteiger partial charge in [-0.15, -0.1) is 13.2 Å². The third-order valence-electron chi connectivity index (χ3n) is 7.56. The lowest BCUT2D eigenvalue weighted by Gasteiger charge is -2.49. The minimum absolute atomic E-state index is 0.0214. The van der Waals surface area contributed by atoms with E-state index in [1.165, 1.54) is 11.8 Å². The van der Waals surface area contributed by atoms with Crippen LogP contribution < -0.4 is 4.74 Å². The van der Waals surface area contributed by atoms with Gasteiger partial charge in [0.1, 0.15) is 5.75 Å². The maximum Gasteiger partial charge on any atom is 0.306 e. The Balaban J connectivity index is 1.89. The lowest BCUT2D eigenvalue weighted by atomic mass is 9.75. The van der Waals surface area contributed by atoms with Crippen molar-refractivity contribution in [1.82, 2.24) is 4.90 Å². The minimum Gasteiger partial charge on any atom is -0.497 e. The number of rotatable bonds is 15. The van der Waals surface area contributed by atoms with Gasteiger partial charge in [-0.05, 0) is 68.6 Å². The Bertz CT molecular complexity index is 921. The Morgan fingerprint density at radius 1 is 1.24 bits per heavy atom. The molecule has 2 saturated heterocycles. The largest absolute Gasteiger partial charge is 0.497 e. The van der Waals surface area contributed by atoms with Crippen molar-refractivity contribution < 1.29 is 28.9 Å². The van der Waals surface area contributed by atoms with Crippen molar-refractivity contribution in [2.24, 2.45) is 11.8 Å². The first kappa shape index (κ1) is 29.3. The first-order valence-corrected chi connectivity index (χ1v) is 14.1. The Kier molecular flexibility index (Phi) is 11.1. The predicted molar refractivity (Wildman–Crippen MR) is 147 cm³/mol. The molecule has 0 bridgehead atoms. The zero-order chi connectivity index (χ0) is 26.8. The van der Waals surface area contributed by atoms with Gasteiger partial charge >= 0.3 is 5.97 Å². The van der Waals surface area contributed by atoms with Crippen LogP contribution in [0.2, 0.25) is 0 Å². The summed E-state index contributed by atoms with van der Waals surface area (Å²) in [7, 11) is 3.24. The molecule has 3 unspecified atom stereocenters. The van der Waals surface area contributed by atoms with E-state index in [1.807, 2.05) is 41.3 Å². The number of nitrogens with zero attached hydrogens (tertiary/aromatic N) is 1. The third kappa shape index (κ3) is 7.39. The van der Waals surface area contributed by atoms with Gasteiger partial charge < -0.3 is 24.2 Å². The van der Waals surface area contributed by atoms with Crippen molar-refractivity contribution in [2.75, 3.05) is 20.0 Å². The summed E-state index contributed by atoms with van der Waals surface area (Å²) in [5.41, 5.74) is 0.982. The second kappa shape index (κ2) is 14.0. The summed E-state index contributed by atoms with van der Waals surface area (Å²) < 4.78 is 18.1. The fourth-order valence-corrected chi connectivity index (χ4v) is 6.67. The van der Waals surface area contributed by atoms with Gasteiger partial charge in [0.2, 0.25) is 0 Å². The monoisotopic (exact) mass is 531 g/mol. The van der Waals surface area contributed by atoms with E-state index < -0.39 is 17.7 Å². The molecule has 1 aromatic carbocycles. The van der Waals surface area contributed by atoms with Crippen LogP contribution in [0.4, 0.5) is 4.79 Å². The Labute approximate surface area is 225 Å². The molecule has 8 heteroatoms. The van der Waals surface area contributed by atoms with Crippen LogP contribution in [0.25, 0.3) is 0 Å². The molecule has 2 aliphatic heterocycles. The highest BCUT2D eigenvalue weighted by Crippen LogP contribution is 2.46. The molecule has 0 aromatic heterocycles. The van der Waals surface area contributed by atoms with E-state index in [2.05, 4.69) is 13.2 Å². The van der Waals surface area contributed by atoms with E-state index in [1.54, 1.807) is 14.2 Å². The molecular formula is C29H41NO6S. The molecule has 204 valence electrons. The normalized spacial score (nSPS) is 26.6. The Hall–Kier alpha value is -2.29. The molecule has 5 atom stereocenters. The van der Waals surface area contributed by atoms with Gasteiger partial charge in [0.05, 0.1) is 25.2 Å². The van der Waals surface area contributed by atoms with Gasteiger partial charge in [-0.1, -0.05) is 36.0 Å². The summed E-state index contributed by atoms with van der Waals surface area (Å²) in [6, 6.07) is 7.34. The topological polar surface area (TPSA) is 85.3 Å². The molecule has 2 aliphatic rings. The zero-order valence-electron chi connectivity index (χ0n) is 22.1. The highest BCUT2D eigenvalue weighted by Gasteiger charge is 2.54. The third-order valence-corrected chi connectivity index (χ3v) is 8.53. The van der Waals surface area contributed by atoms with Gasteiger partial charge in [0, 0.05) is 25.8 Å². The van der Waals surface area contributed by atoms with Gasteiger partial charge in [-0.2, -0.15) is 0 Å². The SMILES string of the molecule is C=CCCCC1CC([C@@H](CCCC=C)C(=O)O)CC(OC)([C@@H]2CSC(=O)N2Cc2ccc(OC)cc2)O1. The van der Waals surface area contributed by atoms with Crippen LogP contribution in [-0.4, -0.2) is 59.1 Å². The summed E-state index contributed by atoms with van der Waals surface area (Å²) in [6.07, 6.45) is 9.39. The van der Waals surface area contributed by atoms with Crippen LogP contribution >= 0.6 is 11.8 Å². The van der Waals surface area contributed by atoms with Crippen molar-refractivity contribution in [3.8, 4) is 5.75 Å². The molecule has 1 N–H and O–H groups in total. The van der Waals surface area contributed by atoms with E-state index >= 15 is 0 Å². The summed E-state index contributed by atoms with van der Waals surface area (Å²) in [5, 5.41) is 10.1. The van der Waals surface area contributed by atoms with E-state index in [0.29, 0.717) is 31.6 Å². The van der Waals surface area contributed by atoms with Crippen molar-refractivity contribution in [2.45, 2.75) is 75.8 Å². The summed E-state index contributed by atoms with van der Waals surface area (Å²) >= 11 is 1.27. The maximum absolute atomic E-state index is 13.0. The fourth-order valence-electron chi connectivity index (χ4n) is 5.58. The van der Waals surface area contributed by atoms with Crippen molar-refractivity contribution in [3.63, 3.8) is 0 Å². The highest BCUT2D eigenvalue weighted by atomic mass is 32.2. The number of unbranched alkanes of at least 4 members (excludes halogenated alkanes) is 2. The number of carboxylic acid groups (broad SMARTS) is 1. The van der Waals surface area contributed by atoms with Crippen LogP contribution in [0, 0.1) is 11.8 Å². The van der Waals surface area contributed by atoms with Gasteiger partial charge in [-0.25, -0.2) is 0 Å². The number of hydrogen-bond donors (Lipinski definition) is 1. The average molecular weight is 532 g/mol. The summed E-state index contributed by atoms with van der Waals surface area (Å²) in [6.45, 7) is 8.02. The minimum atomic E-state index is -1.07. The Morgan fingerprint density at radius 3 is 2.57 bits per heavy atom. The van der Waals surface area contributed by atoms with Crippen LogP contribution in [0.15, 0.2) is 49.6 Å². The average Bonchev–Trinajstić information content (AvgIpc) is 3.27. The van der Waals surface area contributed by atoms with Gasteiger partial charge in [0.25, 0.3) is 5.24 Å². The molecule has 2 fully saturated rings. The number of ether oxygens (including phenoxy) is 3. The molecule has 37 heavy (non-hydrogen) atoms. The fraction of sp³-hybridized carbons (Fsp3) is 0.586. The number of thioether (sulfide) groups is 1. The first-order valence-electron chi connectivity index (χ1n) is 13.1. The first-order chi connectivity index (χ1) is 17.9. The molecular weight excluding hydrogens is 490 g/mol. The van der Waals surface area contributed by atoms with Gasteiger partial charge in [-0.3, -0.25) is 9.59 Å². The predicted octanol–water partition coefficient (Wildman–Crippen LogP) is 6.28. The van der Waals surface area contributed by atoms with E-state index in [4.69, 9.17) is 14.2 Å². The number of aliphatic carboxylic acids is 1. The molecule has 0 spiro atoms. The number of allylic oxidation sites excluding steroid dienone is 2. The molecule has 1 aromatic rings. The highest BCUT2D eigenvalue weighted by molar-refractivity contribution is 8.13. The van der Waals surface area contributed by atoms with E-state index in [0.717, 1.165) is 43.4 Å². The summed E-state index contributed by atoms with van der Waals surface area (Å²) in [4.78, 5) is 27.3. The number of carboxylic acids is 1. The van der Waals surface area contributed by atoms with Crippen LogP contribution in [0.5, 0.6) is 5.75 Å². The molecule has 7 nitrogen and oxygen atoms in total. The maximum atomic E-state index is 13.0. The smallest absolute Gasteiger partial charge is 0.306 e. The quantitative estimate of drug-likeness (QED) is 0.210. The second-order valence-corrected chi connectivity index (χ2v) is 10.9. The second-order valence-electron chi connectivity index (χ2n) is 9.91. The van der Waals surface area contributed by atoms with Crippen molar-refractivity contribution in [1.29, 1.82) is 0 Å². The number of amides is 1. The van der Waals surface area contributed by atoms with Crippen LogP contribution in [0.3, 0.4) is 0 Å². The number of carbonyl (C=O) groups excluding carboxylic acids is 1. The lowest BCUT2D eigenvalue weighted by Crippen LogP contribution is -2.60. The van der Waals surface area contributed by atoms with E-state index in [9.17, 15) is 14.7 Å².